The molecule has 1 aromatic heterocycles. The Morgan fingerprint density at radius 1 is 1.07 bits per heavy atom. The summed E-state index contributed by atoms with van der Waals surface area (Å²) in [6.07, 6.45) is 1.75. The van der Waals surface area contributed by atoms with Crippen molar-refractivity contribution in [1.29, 1.82) is 5.26 Å². The Morgan fingerprint density at radius 3 is 2.15 bits per heavy atom. The number of thioether (sulfide) groups is 1. The zero-order valence-corrected chi connectivity index (χ0v) is 16.3. The lowest BCUT2D eigenvalue weighted by molar-refractivity contribution is 0.596. The molecule has 0 saturated heterocycles. The van der Waals surface area contributed by atoms with E-state index in [1.807, 2.05) is 6.07 Å². The van der Waals surface area contributed by atoms with Crippen LogP contribution in [0.15, 0.2) is 68.3 Å². The van der Waals surface area contributed by atoms with Crippen molar-refractivity contribution in [2.24, 2.45) is 0 Å². The first kappa shape index (κ1) is 19.2. The SMILES string of the molecule is CSc1nc(-c2ccc(S(=O)(=O)c3ccc(Cl)cc3)cc2)c(C#N)c(=O)[nH]1. The molecule has 0 spiro atoms. The maximum absolute atomic E-state index is 12.7. The second-order valence-electron chi connectivity index (χ2n) is 5.39. The van der Waals surface area contributed by atoms with Gasteiger partial charge in [-0.15, -0.1) is 0 Å². The topological polar surface area (TPSA) is 104 Å². The number of rotatable bonds is 4. The van der Waals surface area contributed by atoms with Gasteiger partial charge in [-0.05, 0) is 42.7 Å². The summed E-state index contributed by atoms with van der Waals surface area (Å²) < 4.78 is 25.4. The van der Waals surface area contributed by atoms with Crippen LogP contribution in [0.3, 0.4) is 0 Å². The van der Waals surface area contributed by atoms with E-state index in [1.54, 1.807) is 6.26 Å². The van der Waals surface area contributed by atoms with Crippen molar-refractivity contribution in [1.82, 2.24) is 9.97 Å². The van der Waals surface area contributed by atoms with Crippen LogP contribution in [0, 0.1) is 11.3 Å². The van der Waals surface area contributed by atoms with Crippen LogP contribution in [-0.4, -0.2) is 24.6 Å². The minimum Gasteiger partial charge on any atom is -0.300 e. The molecular formula is C18H12ClN3O3S2. The highest BCUT2D eigenvalue weighted by Gasteiger charge is 2.19. The van der Waals surface area contributed by atoms with Crippen LogP contribution in [0.1, 0.15) is 5.56 Å². The molecule has 0 unspecified atom stereocenters. The Kier molecular flexibility index (Phi) is 5.37. The number of H-pyrrole nitrogens is 1. The van der Waals surface area contributed by atoms with Crippen molar-refractivity contribution in [2.75, 3.05) is 6.26 Å². The zero-order valence-electron chi connectivity index (χ0n) is 13.9. The molecule has 9 heteroatoms. The number of sulfone groups is 1. The van der Waals surface area contributed by atoms with E-state index in [4.69, 9.17) is 11.6 Å². The standard InChI is InChI=1S/C18H12ClN3O3S2/c1-26-18-21-16(15(10-20)17(23)22-18)11-2-6-13(7-3-11)27(24,25)14-8-4-12(19)5-9-14/h2-9H,1H3,(H,21,22,23). The van der Waals surface area contributed by atoms with Gasteiger partial charge in [0.15, 0.2) is 5.16 Å². The van der Waals surface area contributed by atoms with E-state index in [9.17, 15) is 18.5 Å². The summed E-state index contributed by atoms with van der Waals surface area (Å²) >= 11 is 7.04. The first-order chi connectivity index (χ1) is 12.9. The fourth-order valence-corrected chi connectivity index (χ4v) is 4.17. The molecule has 3 rings (SSSR count). The number of nitriles is 1. The molecule has 1 heterocycles. The van der Waals surface area contributed by atoms with Crippen LogP contribution >= 0.6 is 23.4 Å². The summed E-state index contributed by atoms with van der Waals surface area (Å²) in [5, 5.41) is 10.1. The van der Waals surface area contributed by atoms with Crippen LogP contribution in [0.2, 0.25) is 5.02 Å². The van der Waals surface area contributed by atoms with Crippen molar-refractivity contribution >= 4 is 33.2 Å². The summed E-state index contributed by atoms with van der Waals surface area (Å²) in [5.74, 6) is 0. The Bertz CT molecular complexity index is 1200. The highest BCUT2D eigenvalue weighted by molar-refractivity contribution is 7.98. The van der Waals surface area contributed by atoms with Gasteiger partial charge in [-0.2, -0.15) is 5.26 Å². The van der Waals surface area contributed by atoms with Gasteiger partial charge in [0.25, 0.3) is 5.56 Å². The van der Waals surface area contributed by atoms with Gasteiger partial charge in [-0.25, -0.2) is 13.4 Å². The minimum atomic E-state index is -3.71. The normalized spacial score (nSPS) is 11.1. The lowest BCUT2D eigenvalue weighted by Crippen LogP contribution is -2.14. The molecule has 0 atom stereocenters. The van der Waals surface area contributed by atoms with Crippen molar-refractivity contribution in [3.63, 3.8) is 0 Å². The van der Waals surface area contributed by atoms with E-state index in [1.165, 1.54) is 60.3 Å². The summed E-state index contributed by atoms with van der Waals surface area (Å²) in [5.41, 5.74) is 0.0230. The monoisotopic (exact) mass is 417 g/mol. The predicted molar refractivity (Wildman–Crippen MR) is 104 cm³/mol. The number of aromatic nitrogens is 2. The Labute approximate surface area is 164 Å². The van der Waals surface area contributed by atoms with Gasteiger partial charge >= 0.3 is 0 Å². The molecule has 0 fully saturated rings. The average molecular weight is 418 g/mol. The van der Waals surface area contributed by atoms with Gasteiger partial charge in [0.05, 0.1) is 15.5 Å². The number of aromatic amines is 1. The van der Waals surface area contributed by atoms with E-state index < -0.39 is 15.4 Å². The molecule has 0 amide bonds. The molecule has 1 N–H and O–H groups in total. The third-order valence-electron chi connectivity index (χ3n) is 3.76. The van der Waals surface area contributed by atoms with Gasteiger partial charge in [-0.1, -0.05) is 35.5 Å². The fraction of sp³-hybridized carbons (Fsp3) is 0.0556. The summed E-state index contributed by atoms with van der Waals surface area (Å²) in [4.78, 5) is 19.0. The van der Waals surface area contributed by atoms with Gasteiger partial charge < -0.3 is 4.98 Å². The molecule has 0 saturated carbocycles. The van der Waals surface area contributed by atoms with E-state index >= 15 is 0 Å². The van der Waals surface area contributed by atoms with Crippen LogP contribution < -0.4 is 5.56 Å². The van der Waals surface area contributed by atoms with E-state index in [0.29, 0.717) is 15.7 Å². The minimum absolute atomic E-state index is 0.0852. The molecule has 0 bridgehead atoms. The third kappa shape index (κ3) is 3.76. The molecule has 0 aliphatic carbocycles. The lowest BCUT2D eigenvalue weighted by Gasteiger charge is -2.08. The number of hydrogen-bond donors (Lipinski definition) is 1. The molecule has 0 radical (unpaired) electrons. The average Bonchev–Trinajstić information content (AvgIpc) is 2.67. The molecule has 0 aliphatic rings. The summed E-state index contributed by atoms with van der Waals surface area (Å²) in [6, 6.07) is 13.6. The van der Waals surface area contributed by atoms with E-state index in [-0.39, 0.29) is 21.0 Å². The predicted octanol–water partition coefficient (Wildman–Crippen LogP) is 3.52. The van der Waals surface area contributed by atoms with Gasteiger partial charge in [0.1, 0.15) is 11.6 Å². The number of hydrogen-bond acceptors (Lipinski definition) is 6. The van der Waals surface area contributed by atoms with Crippen LogP contribution in [0.5, 0.6) is 0 Å². The molecule has 6 nitrogen and oxygen atoms in total. The largest absolute Gasteiger partial charge is 0.300 e. The Balaban J connectivity index is 2.07. The maximum atomic E-state index is 12.7. The molecule has 27 heavy (non-hydrogen) atoms. The van der Waals surface area contributed by atoms with E-state index in [2.05, 4.69) is 9.97 Å². The smallest absolute Gasteiger partial charge is 0.270 e. The number of benzene rings is 2. The second-order valence-corrected chi connectivity index (χ2v) is 8.57. The van der Waals surface area contributed by atoms with Crippen molar-refractivity contribution in [3.8, 4) is 17.3 Å². The molecule has 3 aromatic rings. The summed E-state index contributed by atoms with van der Waals surface area (Å²) in [6.45, 7) is 0. The zero-order chi connectivity index (χ0) is 19.6. The van der Waals surface area contributed by atoms with E-state index in [0.717, 1.165) is 0 Å². The van der Waals surface area contributed by atoms with Crippen molar-refractivity contribution < 1.29 is 8.42 Å². The molecule has 2 aromatic carbocycles. The molecule has 136 valence electrons. The molecular weight excluding hydrogens is 406 g/mol. The molecule has 0 aliphatic heterocycles. The highest BCUT2D eigenvalue weighted by Crippen LogP contribution is 2.26. The number of nitrogens with zero attached hydrogens (tertiary/aromatic N) is 2. The Hall–Kier alpha value is -2.60. The first-order valence-corrected chi connectivity index (χ1v) is 10.6. The van der Waals surface area contributed by atoms with Gasteiger partial charge in [0.2, 0.25) is 9.84 Å². The van der Waals surface area contributed by atoms with Crippen molar-refractivity contribution in [2.45, 2.75) is 14.9 Å². The Morgan fingerprint density at radius 2 is 1.63 bits per heavy atom. The van der Waals surface area contributed by atoms with Gasteiger partial charge in [-0.3, -0.25) is 4.79 Å². The number of halogens is 1. The maximum Gasteiger partial charge on any atom is 0.270 e. The fourth-order valence-electron chi connectivity index (χ4n) is 2.40. The first-order valence-electron chi connectivity index (χ1n) is 7.56. The van der Waals surface area contributed by atoms with Gasteiger partial charge in [0, 0.05) is 10.6 Å². The number of nitrogens with one attached hydrogen (secondary N) is 1. The highest BCUT2D eigenvalue weighted by atomic mass is 35.5. The van der Waals surface area contributed by atoms with Crippen LogP contribution in [-0.2, 0) is 9.84 Å². The second kappa shape index (κ2) is 7.56. The third-order valence-corrected chi connectivity index (χ3v) is 6.38. The summed E-state index contributed by atoms with van der Waals surface area (Å²) in [7, 11) is -3.71. The lowest BCUT2D eigenvalue weighted by atomic mass is 10.1. The van der Waals surface area contributed by atoms with Crippen molar-refractivity contribution in [3.05, 3.63) is 69.5 Å². The van der Waals surface area contributed by atoms with Crippen LogP contribution in [0.25, 0.3) is 11.3 Å². The quantitative estimate of drug-likeness (QED) is 0.514. The van der Waals surface area contributed by atoms with Crippen LogP contribution in [0.4, 0.5) is 0 Å².